The van der Waals surface area contributed by atoms with Crippen LogP contribution in [0.1, 0.15) is 12.5 Å². The number of fused-ring (bicyclic) bond motifs is 2. The van der Waals surface area contributed by atoms with Gasteiger partial charge in [0.2, 0.25) is 0 Å². The topological polar surface area (TPSA) is 76.5 Å². The van der Waals surface area contributed by atoms with E-state index in [1.807, 2.05) is 19.2 Å². The van der Waals surface area contributed by atoms with Gasteiger partial charge in [0.15, 0.2) is 0 Å². The van der Waals surface area contributed by atoms with E-state index < -0.39 is 0 Å². The predicted molar refractivity (Wildman–Crippen MR) is 115 cm³/mol. The zero-order chi connectivity index (χ0) is 19.5. The van der Waals surface area contributed by atoms with Gasteiger partial charge >= 0.3 is 0 Å². The second kappa shape index (κ2) is 7.90. The molecule has 4 rings (SSSR count). The fourth-order valence-corrected chi connectivity index (χ4v) is 3.67. The lowest BCUT2D eigenvalue weighted by molar-refractivity contribution is 0.304. The number of anilines is 4. The molecular weight excluding hydrogens is 352 g/mol. The second-order valence-electron chi connectivity index (χ2n) is 6.93. The highest BCUT2D eigenvalue weighted by molar-refractivity contribution is 5.97. The zero-order valence-electron chi connectivity index (χ0n) is 16.3. The van der Waals surface area contributed by atoms with Crippen molar-refractivity contribution < 1.29 is 5.11 Å². The minimum absolute atomic E-state index is 0.127. The van der Waals surface area contributed by atoms with Gasteiger partial charge in [0, 0.05) is 37.8 Å². The first-order valence-corrected chi connectivity index (χ1v) is 9.62. The summed E-state index contributed by atoms with van der Waals surface area (Å²) in [6, 6.07) is 12.5. The summed E-state index contributed by atoms with van der Waals surface area (Å²) in [5.41, 5.74) is 5.50. The first kappa shape index (κ1) is 18.3. The highest BCUT2D eigenvalue weighted by Gasteiger charge is 2.19. The van der Waals surface area contributed by atoms with Gasteiger partial charge in [-0.1, -0.05) is 18.2 Å². The number of hydrogen-bond donors (Lipinski definition) is 3. The third-order valence-corrected chi connectivity index (χ3v) is 5.22. The van der Waals surface area contributed by atoms with Gasteiger partial charge in [-0.25, -0.2) is 9.97 Å². The van der Waals surface area contributed by atoms with Gasteiger partial charge in [0.1, 0.15) is 12.1 Å². The number of para-hydroxylation sites is 1. The average Bonchev–Trinajstić information content (AvgIpc) is 3.13. The molecule has 2 aromatic carbocycles. The Hall–Kier alpha value is -3.06. The third kappa shape index (κ3) is 3.41. The standard InChI is InChI=1S/C21H26N6O/c1-3-27-14-25-18-10-16-17(11-20(18)27)23-13-24-21(16)22-12-15-6-4-5-7-19(15)26(2)8-9-28/h4-7,10-11,13,25,28H,3,8-9,12,14H2,1-2H3,(H,22,23,24). The van der Waals surface area contributed by atoms with Crippen LogP contribution in [0.25, 0.3) is 10.9 Å². The Morgan fingerprint density at radius 1 is 1.25 bits per heavy atom. The smallest absolute Gasteiger partial charge is 0.137 e. The summed E-state index contributed by atoms with van der Waals surface area (Å²) >= 11 is 0. The molecule has 0 spiro atoms. The maximum Gasteiger partial charge on any atom is 0.137 e. The van der Waals surface area contributed by atoms with Crippen molar-refractivity contribution in [2.75, 3.05) is 53.8 Å². The molecule has 7 heteroatoms. The number of nitrogens with one attached hydrogen (secondary N) is 2. The van der Waals surface area contributed by atoms with Gasteiger partial charge < -0.3 is 25.5 Å². The van der Waals surface area contributed by atoms with Gasteiger partial charge in [-0.05, 0) is 30.7 Å². The van der Waals surface area contributed by atoms with E-state index in [1.165, 1.54) is 5.69 Å². The predicted octanol–water partition coefficient (Wildman–Crippen LogP) is 2.88. The normalized spacial score (nSPS) is 12.8. The van der Waals surface area contributed by atoms with Crippen molar-refractivity contribution in [1.29, 1.82) is 0 Å². The van der Waals surface area contributed by atoms with E-state index in [4.69, 9.17) is 0 Å². The van der Waals surface area contributed by atoms with Crippen LogP contribution in [-0.2, 0) is 6.54 Å². The maximum atomic E-state index is 9.24. The van der Waals surface area contributed by atoms with E-state index in [9.17, 15) is 5.11 Å². The van der Waals surface area contributed by atoms with Crippen LogP contribution in [0.15, 0.2) is 42.7 Å². The highest BCUT2D eigenvalue weighted by Crippen LogP contribution is 2.36. The maximum absolute atomic E-state index is 9.24. The Balaban J connectivity index is 1.62. The molecule has 0 radical (unpaired) electrons. The van der Waals surface area contributed by atoms with Crippen molar-refractivity contribution >= 4 is 33.8 Å². The van der Waals surface area contributed by atoms with E-state index in [-0.39, 0.29) is 6.61 Å². The molecule has 0 aliphatic carbocycles. The van der Waals surface area contributed by atoms with Crippen molar-refractivity contribution in [1.82, 2.24) is 9.97 Å². The molecule has 0 unspecified atom stereocenters. The molecule has 0 saturated heterocycles. The monoisotopic (exact) mass is 378 g/mol. The van der Waals surface area contributed by atoms with Crippen molar-refractivity contribution in [2.24, 2.45) is 0 Å². The Kier molecular flexibility index (Phi) is 5.16. The molecular formula is C21H26N6O. The van der Waals surface area contributed by atoms with Crippen LogP contribution in [-0.4, -0.2) is 48.5 Å². The second-order valence-corrected chi connectivity index (χ2v) is 6.93. The number of hydrogen-bond acceptors (Lipinski definition) is 7. The lowest BCUT2D eigenvalue weighted by Crippen LogP contribution is -2.22. The first-order chi connectivity index (χ1) is 13.7. The lowest BCUT2D eigenvalue weighted by atomic mass is 10.1. The molecule has 28 heavy (non-hydrogen) atoms. The zero-order valence-corrected chi connectivity index (χ0v) is 16.3. The molecule has 1 aliphatic rings. The SMILES string of the molecule is CCN1CNc2cc3c(NCc4ccccc4N(C)CCO)ncnc3cc21. The number of rotatable bonds is 7. The number of aromatic nitrogens is 2. The van der Waals surface area contributed by atoms with Gasteiger partial charge in [0.05, 0.1) is 30.2 Å². The summed E-state index contributed by atoms with van der Waals surface area (Å²) in [4.78, 5) is 13.3. The largest absolute Gasteiger partial charge is 0.395 e. The highest BCUT2D eigenvalue weighted by atomic mass is 16.3. The van der Waals surface area contributed by atoms with Crippen LogP contribution in [0.3, 0.4) is 0 Å². The van der Waals surface area contributed by atoms with Crippen LogP contribution < -0.4 is 20.4 Å². The Morgan fingerprint density at radius 3 is 2.93 bits per heavy atom. The molecule has 0 saturated carbocycles. The van der Waals surface area contributed by atoms with Gasteiger partial charge in [-0.3, -0.25) is 0 Å². The lowest BCUT2D eigenvalue weighted by Gasteiger charge is -2.22. The summed E-state index contributed by atoms with van der Waals surface area (Å²) in [5, 5.41) is 17.2. The Morgan fingerprint density at radius 2 is 2.11 bits per heavy atom. The van der Waals surface area contributed by atoms with E-state index in [1.54, 1.807) is 6.33 Å². The summed E-state index contributed by atoms with van der Waals surface area (Å²) < 4.78 is 0. The number of likely N-dealkylation sites (N-methyl/N-ethyl adjacent to an activating group) is 1. The fraction of sp³-hybridized carbons (Fsp3) is 0.333. The van der Waals surface area contributed by atoms with Gasteiger partial charge in [-0.15, -0.1) is 0 Å². The molecule has 146 valence electrons. The van der Waals surface area contributed by atoms with Gasteiger partial charge in [-0.2, -0.15) is 0 Å². The summed E-state index contributed by atoms with van der Waals surface area (Å²) in [6.45, 7) is 5.30. The molecule has 3 N–H and O–H groups in total. The number of aliphatic hydroxyl groups is 1. The fourth-order valence-electron chi connectivity index (χ4n) is 3.67. The van der Waals surface area contributed by atoms with Crippen LogP contribution >= 0.6 is 0 Å². The third-order valence-electron chi connectivity index (χ3n) is 5.22. The molecule has 7 nitrogen and oxygen atoms in total. The molecule has 0 fully saturated rings. The molecule has 0 amide bonds. The van der Waals surface area contributed by atoms with Crippen molar-refractivity contribution in [2.45, 2.75) is 13.5 Å². The van der Waals surface area contributed by atoms with E-state index in [2.05, 4.69) is 61.6 Å². The van der Waals surface area contributed by atoms with E-state index >= 15 is 0 Å². The van der Waals surface area contributed by atoms with Crippen LogP contribution in [0.4, 0.5) is 22.9 Å². The Labute approximate surface area is 165 Å². The molecule has 0 bridgehead atoms. The molecule has 1 aliphatic heterocycles. The Bertz CT molecular complexity index is 976. The number of nitrogens with zero attached hydrogens (tertiary/aromatic N) is 4. The van der Waals surface area contributed by atoms with Crippen LogP contribution in [0, 0.1) is 0 Å². The van der Waals surface area contributed by atoms with Crippen LogP contribution in [0.5, 0.6) is 0 Å². The minimum atomic E-state index is 0.127. The number of aliphatic hydroxyl groups excluding tert-OH is 1. The average molecular weight is 378 g/mol. The van der Waals surface area contributed by atoms with Crippen molar-refractivity contribution in [3.8, 4) is 0 Å². The summed E-state index contributed by atoms with van der Waals surface area (Å²) in [7, 11) is 1.99. The number of benzene rings is 2. The van der Waals surface area contributed by atoms with E-state index in [0.717, 1.165) is 46.9 Å². The van der Waals surface area contributed by atoms with Crippen molar-refractivity contribution in [3.63, 3.8) is 0 Å². The molecule has 2 heterocycles. The molecule has 3 aromatic rings. The summed E-state index contributed by atoms with van der Waals surface area (Å²) in [6.07, 6.45) is 1.61. The van der Waals surface area contributed by atoms with Gasteiger partial charge in [0.25, 0.3) is 0 Å². The first-order valence-electron chi connectivity index (χ1n) is 9.62. The molecule has 0 atom stereocenters. The minimum Gasteiger partial charge on any atom is -0.395 e. The summed E-state index contributed by atoms with van der Waals surface area (Å²) in [5.74, 6) is 0.823. The van der Waals surface area contributed by atoms with Crippen molar-refractivity contribution in [3.05, 3.63) is 48.3 Å². The van der Waals surface area contributed by atoms with Crippen LogP contribution in [0.2, 0.25) is 0 Å². The van der Waals surface area contributed by atoms with E-state index in [0.29, 0.717) is 13.1 Å². The molecule has 1 aromatic heterocycles. The quantitative estimate of drug-likeness (QED) is 0.584.